The lowest BCUT2D eigenvalue weighted by molar-refractivity contribution is -0.142. The molecule has 154 valence electrons. The third-order valence-corrected chi connectivity index (χ3v) is 5.83. The van der Waals surface area contributed by atoms with Crippen molar-refractivity contribution in [1.29, 1.82) is 0 Å². The number of aliphatic carboxylic acids is 1. The van der Waals surface area contributed by atoms with Gasteiger partial charge in [0, 0.05) is 56.7 Å². The van der Waals surface area contributed by atoms with Gasteiger partial charge in [-0.05, 0) is 44.2 Å². The zero-order valence-corrected chi connectivity index (χ0v) is 16.8. The van der Waals surface area contributed by atoms with Crippen LogP contribution in [0, 0.1) is 5.92 Å². The summed E-state index contributed by atoms with van der Waals surface area (Å²) in [5.74, 6) is 0.627. The number of carbonyl (C=O) groups is 1. The summed E-state index contributed by atoms with van der Waals surface area (Å²) in [5.41, 5.74) is 2.23. The molecule has 2 N–H and O–H groups in total. The lowest BCUT2D eigenvalue weighted by atomic mass is 9.97. The van der Waals surface area contributed by atoms with Crippen LogP contribution in [0.2, 0.25) is 0 Å². The minimum Gasteiger partial charge on any atom is -0.481 e. The van der Waals surface area contributed by atoms with Crippen LogP contribution in [0.5, 0.6) is 0 Å². The Morgan fingerprint density at radius 1 is 1.00 bits per heavy atom. The number of nitrogens with zero attached hydrogens (tertiary/aromatic N) is 5. The van der Waals surface area contributed by atoms with Crippen molar-refractivity contribution in [2.45, 2.75) is 12.8 Å². The van der Waals surface area contributed by atoms with Gasteiger partial charge in [-0.15, -0.1) is 0 Å². The minimum atomic E-state index is -0.699. The molecule has 2 aliphatic heterocycles. The SMILES string of the molecule is CN1CCN(c2ccc(Nc3cc(N4CCC(C(=O)O)CC4)ncn3)cc2)CC1. The predicted octanol–water partition coefficient (Wildman–Crippen LogP) is 2.27. The number of piperidine rings is 1. The van der Waals surface area contributed by atoms with Crippen molar-refractivity contribution in [3.8, 4) is 0 Å². The zero-order chi connectivity index (χ0) is 20.2. The third kappa shape index (κ3) is 4.76. The highest BCUT2D eigenvalue weighted by Crippen LogP contribution is 2.25. The van der Waals surface area contributed by atoms with Crippen molar-refractivity contribution >= 4 is 29.0 Å². The van der Waals surface area contributed by atoms with E-state index in [1.807, 2.05) is 6.07 Å². The fourth-order valence-electron chi connectivity index (χ4n) is 3.91. The van der Waals surface area contributed by atoms with E-state index in [9.17, 15) is 4.79 Å². The number of carboxylic acid groups (broad SMARTS) is 1. The Bertz CT molecular complexity index is 827. The summed E-state index contributed by atoms with van der Waals surface area (Å²) in [6.07, 6.45) is 2.85. The number of likely N-dealkylation sites (N-methyl/N-ethyl adjacent to an activating group) is 1. The third-order valence-electron chi connectivity index (χ3n) is 5.83. The van der Waals surface area contributed by atoms with Gasteiger partial charge in [-0.2, -0.15) is 0 Å². The highest BCUT2D eigenvalue weighted by atomic mass is 16.4. The normalized spacial score (nSPS) is 18.7. The monoisotopic (exact) mass is 396 g/mol. The highest BCUT2D eigenvalue weighted by Gasteiger charge is 2.25. The van der Waals surface area contributed by atoms with Gasteiger partial charge in [0.2, 0.25) is 0 Å². The van der Waals surface area contributed by atoms with Gasteiger partial charge < -0.3 is 25.1 Å². The van der Waals surface area contributed by atoms with E-state index in [1.165, 1.54) is 5.69 Å². The second-order valence-corrected chi connectivity index (χ2v) is 7.82. The van der Waals surface area contributed by atoms with E-state index >= 15 is 0 Å². The summed E-state index contributed by atoms with van der Waals surface area (Å²) in [7, 11) is 2.16. The molecule has 0 unspecified atom stereocenters. The molecule has 0 aliphatic carbocycles. The van der Waals surface area contributed by atoms with Crippen LogP contribution >= 0.6 is 0 Å². The van der Waals surface area contributed by atoms with Crippen molar-refractivity contribution in [3.05, 3.63) is 36.7 Å². The number of hydrogen-bond acceptors (Lipinski definition) is 7. The maximum Gasteiger partial charge on any atom is 0.306 e. The molecule has 1 aromatic carbocycles. The molecule has 2 saturated heterocycles. The molecule has 2 fully saturated rings. The fraction of sp³-hybridized carbons (Fsp3) is 0.476. The number of aromatic nitrogens is 2. The topological polar surface area (TPSA) is 84.8 Å². The number of benzene rings is 1. The Hall–Kier alpha value is -2.87. The maximum atomic E-state index is 11.1. The van der Waals surface area contributed by atoms with Crippen LogP contribution < -0.4 is 15.1 Å². The first-order valence-electron chi connectivity index (χ1n) is 10.2. The standard InChI is InChI=1S/C21H28N6O2/c1-25-10-12-26(13-11-25)18-4-2-17(3-5-18)24-19-14-20(23-15-22-19)27-8-6-16(7-9-27)21(28)29/h2-5,14-16H,6-13H2,1H3,(H,28,29)(H,22,23,24). The smallest absolute Gasteiger partial charge is 0.306 e. The van der Waals surface area contributed by atoms with E-state index in [0.29, 0.717) is 25.9 Å². The van der Waals surface area contributed by atoms with Gasteiger partial charge in [0.25, 0.3) is 0 Å². The second kappa shape index (κ2) is 8.65. The van der Waals surface area contributed by atoms with Crippen LogP contribution in [-0.4, -0.2) is 72.3 Å². The highest BCUT2D eigenvalue weighted by molar-refractivity contribution is 5.70. The van der Waals surface area contributed by atoms with Crippen molar-refractivity contribution in [1.82, 2.24) is 14.9 Å². The Morgan fingerprint density at radius 3 is 2.34 bits per heavy atom. The molecule has 8 nitrogen and oxygen atoms in total. The van der Waals surface area contributed by atoms with Crippen LogP contribution in [0.4, 0.5) is 23.0 Å². The molecular formula is C21H28N6O2. The van der Waals surface area contributed by atoms with E-state index in [1.54, 1.807) is 6.33 Å². The molecule has 4 rings (SSSR count). The first kappa shape index (κ1) is 19.4. The van der Waals surface area contributed by atoms with E-state index in [2.05, 4.69) is 61.3 Å². The number of nitrogens with one attached hydrogen (secondary N) is 1. The Balaban J connectivity index is 1.37. The lowest BCUT2D eigenvalue weighted by Gasteiger charge is -2.34. The van der Waals surface area contributed by atoms with E-state index < -0.39 is 5.97 Å². The number of hydrogen-bond donors (Lipinski definition) is 2. The van der Waals surface area contributed by atoms with E-state index in [4.69, 9.17) is 5.11 Å². The number of carboxylic acids is 1. The molecule has 3 heterocycles. The van der Waals surface area contributed by atoms with Crippen LogP contribution in [0.25, 0.3) is 0 Å². The molecule has 29 heavy (non-hydrogen) atoms. The average molecular weight is 396 g/mol. The largest absolute Gasteiger partial charge is 0.481 e. The quantitative estimate of drug-likeness (QED) is 0.796. The van der Waals surface area contributed by atoms with Crippen LogP contribution in [0.3, 0.4) is 0 Å². The van der Waals surface area contributed by atoms with Gasteiger partial charge in [-0.3, -0.25) is 4.79 Å². The summed E-state index contributed by atoms with van der Waals surface area (Å²) >= 11 is 0. The van der Waals surface area contributed by atoms with Crippen LogP contribution in [0.1, 0.15) is 12.8 Å². The lowest BCUT2D eigenvalue weighted by Crippen LogP contribution is -2.44. The molecular weight excluding hydrogens is 368 g/mol. The molecule has 0 atom stereocenters. The molecule has 0 amide bonds. The molecule has 0 spiro atoms. The zero-order valence-electron chi connectivity index (χ0n) is 16.8. The molecule has 0 saturated carbocycles. The van der Waals surface area contributed by atoms with Gasteiger partial charge in [0.1, 0.15) is 18.0 Å². The Labute approximate surface area is 171 Å². The van der Waals surface area contributed by atoms with Gasteiger partial charge in [0.05, 0.1) is 5.92 Å². The molecule has 8 heteroatoms. The first-order chi connectivity index (χ1) is 14.1. The van der Waals surface area contributed by atoms with Crippen molar-refractivity contribution in [2.24, 2.45) is 5.92 Å². The Morgan fingerprint density at radius 2 is 1.69 bits per heavy atom. The summed E-state index contributed by atoms with van der Waals surface area (Å²) in [6, 6.07) is 10.4. The first-order valence-corrected chi connectivity index (χ1v) is 10.2. The van der Waals surface area contributed by atoms with Gasteiger partial charge in [-0.25, -0.2) is 9.97 Å². The summed E-state index contributed by atoms with van der Waals surface area (Å²) in [6.45, 7) is 5.69. The van der Waals surface area contributed by atoms with Crippen molar-refractivity contribution < 1.29 is 9.90 Å². The van der Waals surface area contributed by atoms with Crippen LogP contribution in [0.15, 0.2) is 36.7 Å². The summed E-state index contributed by atoms with van der Waals surface area (Å²) < 4.78 is 0. The minimum absolute atomic E-state index is 0.246. The fourth-order valence-corrected chi connectivity index (χ4v) is 3.91. The maximum absolute atomic E-state index is 11.1. The van der Waals surface area contributed by atoms with Gasteiger partial charge >= 0.3 is 5.97 Å². The molecule has 0 bridgehead atoms. The molecule has 2 aromatic rings. The molecule has 0 radical (unpaired) electrons. The van der Waals surface area contributed by atoms with Crippen LogP contribution in [-0.2, 0) is 4.79 Å². The average Bonchev–Trinajstić information content (AvgIpc) is 2.75. The summed E-state index contributed by atoms with van der Waals surface area (Å²) in [5, 5.41) is 12.5. The number of rotatable bonds is 5. The van der Waals surface area contributed by atoms with Gasteiger partial charge in [0.15, 0.2) is 0 Å². The van der Waals surface area contributed by atoms with E-state index in [-0.39, 0.29) is 5.92 Å². The number of anilines is 4. The van der Waals surface area contributed by atoms with Crippen molar-refractivity contribution in [3.63, 3.8) is 0 Å². The second-order valence-electron chi connectivity index (χ2n) is 7.82. The predicted molar refractivity (Wildman–Crippen MR) is 114 cm³/mol. The summed E-state index contributed by atoms with van der Waals surface area (Å²) in [4.78, 5) is 26.7. The molecule has 1 aromatic heterocycles. The van der Waals surface area contributed by atoms with E-state index in [0.717, 1.165) is 43.5 Å². The van der Waals surface area contributed by atoms with Gasteiger partial charge in [-0.1, -0.05) is 0 Å². The molecule has 2 aliphatic rings. The Kier molecular flexibility index (Phi) is 5.80. The number of piperazine rings is 1. The van der Waals surface area contributed by atoms with Crippen molar-refractivity contribution in [2.75, 3.05) is 61.4 Å².